The third-order valence-electron chi connectivity index (χ3n) is 2.40. The number of carboxylic acid groups (broad SMARTS) is 1. The first-order chi connectivity index (χ1) is 7.84. The Hall–Kier alpha value is -1.72. The van der Waals surface area contributed by atoms with Crippen molar-refractivity contribution >= 4 is 11.7 Å². The van der Waals surface area contributed by atoms with Crippen LogP contribution in [0.1, 0.15) is 6.92 Å². The van der Waals surface area contributed by atoms with Gasteiger partial charge in [-0.25, -0.2) is 13.2 Å². The molecule has 0 bridgehead atoms. The fourth-order valence-electron chi connectivity index (χ4n) is 1.40. The molecule has 1 N–H and O–H groups in total. The van der Waals surface area contributed by atoms with Gasteiger partial charge >= 0.3 is 5.97 Å². The zero-order valence-electron chi connectivity index (χ0n) is 9.38. The molecular formula is C11H12F3NO2. The van der Waals surface area contributed by atoms with Crippen LogP contribution in [0.5, 0.6) is 0 Å². The molecular weight excluding hydrogens is 235 g/mol. The fraction of sp³-hybridized carbons (Fsp3) is 0.364. The van der Waals surface area contributed by atoms with Gasteiger partial charge in [-0.3, -0.25) is 4.79 Å². The van der Waals surface area contributed by atoms with Crippen molar-refractivity contribution in [2.45, 2.75) is 6.92 Å². The Morgan fingerprint density at radius 1 is 1.35 bits per heavy atom. The van der Waals surface area contributed by atoms with E-state index in [2.05, 4.69) is 0 Å². The summed E-state index contributed by atoms with van der Waals surface area (Å²) in [6, 6.07) is 1.87. The molecule has 0 heterocycles. The first-order valence-corrected chi connectivity index (χ1v) is 4.92. The molecule has 0 aromatic heterocycles. The van der Waals surface area contributed by atoms with E-state index in [0.717, 1.165) is 12.1 Å². The summed E-state index contributed by atoms with van der Waals surface area (Å²) in [5.74, 6) is -5.93. The van der Waals surface area contributed by atoms with Crippen molar-refractivity contribution in [3.8, 4) is 0 Å². The van der Waals surface area contributed by atoms with Crippen LogP contribution in [0.25, 0.3) is 0 Å². The van der Waals surface area contributed by atoms with Gasteiger partial charge in [0.05, 0.1) is 11.6 Å². The maximum Gasteiger partial charge on any atom is 0.308 e. The molecule has 3 nitrogen and oxygen atoms in total. The van der Waals surface area contributed by atoms with Crippen molar-refractivity contribution in [2.75, 3.05) is 18.5 Å². The van der Waals surface area contributed by atoms with Gasteiger partial charge in [-0.05, 0) is 12.1 Å². The van der Waals surface area contributed by atoms with Crippen LogP contribution in [0, 0.1) is 23.4 Å². The molecule has 0 amide bonds. The zero-order valence-corrected chi connectivity index (χ0v) is 9.38. The number of rotatable bonds is 4. The van der Waals surface area contributed by atoms with Gasteiger partial charge in [0.1, 0.15) is 0 Å². The largest absolute Gasteiger partial charge is 0.481 e. The van der Waals surface area contributed by atoms with E-state index < -0.39 is 29.3 Å². The summed E-state index contributed by atoms with van der Waals surface area (Å²) in [5, 5.41) is 8.69. The lowest BCUT2D eigenvalue weighted by Crippen LogP contribution is -2.29. The Morgan fingerprint density at radius 3 is 2.47 bits per heavy atom. The van der Waals surface area contributed by atoms with E-state index in [9.17, 15) is 18.0 Å². The second-order valence-corrected chi connectivity index (χ2v) is 3.81. The number of halogens is 3. The molecule has 0 aliphatic rings. The molecule has 94 valence electrons. The van der Waals surface area contributed by atoms with Crippen LogP contribution in [-0.2, 0) is 4.79 Å². The van der Waals surface area contributed by atoms with Crippen molar-refractivity contribution in [1.82, 2.24) is 0 Å². The van der Waals surface area contributed by atoms with Gasteiger partial charge in [0.25, 0.3) is 0 Å². The Morgan fingerprint density at radius 2 is 1.94 bits per heavy atom. The lowest BCUT2D eigenvalue weighted by Gasteiger charge is -2.22. The highest BCUT2D eigenvalue weighted by Gasteiger charge is 2.19. The van der Waals surface area contributed by atoms with Crippen LogP contribution < -0.4 is 4.90 Å². The Bertz CT molecular complexity index is 437. The van der Waals surface area contributed by atoms with E-state index in [1.54, 1.807) is 0 Å². The van der Waals surface area contributed by atoms with Crippen LogP contribution in [-0.4, -0.2) is 24.7 Å². The molecule has 0 saturated carbocycles. The normalized spacial score (nSPS) is 12.3. The summed E-state index contributed by atoms with van der Waals surface area (Å²) in [6.07, 6.45) is 0. The summed E-state index contributed by atoms with van der Waals surface area (Å²) in [4.78, 5) is 11.9. The number of hydrogen-bond donors (Lipinski definition) is 1. The SMILES string of the molecule is CC(CN(C)c1ccc(F)c(F)c1F)C(=O)O. The molecule has 1 rings (SSSR count). The second-order valence-electron chi connectivity index (χ2n) is 3.81. The van der Waals surface area contributed by atoms with Gasteiger partial charge in [-0.15, -0.1) is 0 Å². The van der Waals surface area contributed by atoms with Gasteiger partial charge in [0.15, 0.2) is 17.5 Å². The zero-order chi connectivity index (χ0) is 13.2. The Balaban J connectivity index is 2.93. The molecule has 0 saturated heterocycles. The number of hydrogen-bond acceptors (Lipinski definition) is 2. The molecule has 0 aliphatic carbocycles. The van der Waals surface area contributed by atoms with Crippen molar-refractivity contribution in [2.24, 2.45) is 5.92 Å². The van der Waals surface area contributed by atoms with Gasteiger partial charge in [0.2, 0.25) is 0 Å². The van der Waals surface area contributed by atoms with Gasteiger partial charge in [0, 0.05) is 13.6 Å². The first-order valence-electron chi connectivity index (χ1n) is 4.92. The van der Waals surface area contributed by atoms with E-state index >= 15 is 0 Å². The van der Waals surface area contributed by atoms with E-state index in [1.165, 1.54) is 18.9 Å². The summed E-state index contributed by atoms with van der Waals surface area (Å²) >= 11 is 0. The van der Waals surface area contributed by atoms with Crippen LogP contribution in [0.15, 0.2) is 12.1 Å². The van der Waals surface area contributed by atoms with Crippen LogP contribution >= 0.6 is 0 Å². The van der Waals surface area contributed by atoms with Crippen molar-refractivity contribution in [3.63, 3.8) is 0 Å². The molecule has 1 aromatic rings. The lowest BCUT2D eigenvalue weighted by molar-refractivity contribution is -0.140. The minimum absolute atomic E-state index is 0.00265. The molecule has 0 spiro atoms. The van der Waals surface area contributed by atoms with Crippen molar-refractivity contribution in [3.05, 3.63) is 29.6 Å². The summed E-state index contributed by atoms with van der Waals surface area (Å²) in [5.41, 5.74) is -0.169. The number of benzene rings is 1. The van der Waals surface area contributed by atoms with E-state index in [1.807, 2.05) is 0 Å². The highest BCUT2D eigenvalue weighted by molar-refractivity contribution is 5.70. The number of carbonyl (C=O) groups is 1. The minimum atomic E-state index is -1.56. The molecule has 1 unspecified atom stereocenters. The maximum absolute atomic E-state index is 13.4. The molecule has 0 radical (unpaired) electrons. The standard InChI is InChI=1S/C11H12F3NO2/c1-6(11(16)17)5-15(2)8-4-3-7(12)9(13)10(8)14/h3-4,6H,5H2,1-2H3,(H,16,17). The number of anilines is 1. The monoisotopic (exact) mass is 247 g/mol. The smallest absolute Gasteiger partial charge is 0.308 e. The molecule has 6 heteroatoms. The van der Waals surface area contributed by atoms with Crippen LogP contribution in [0.3, 0.4) is 0 Å². The third kappa shape index (κ3) is 2.89. The molecule has 1 atom stereocenters. The Labute approximate surface area is 96.5 Å². The van der Waals surface area contributed by atoms with Crippen LogP contribution in [0.4, 0.5) is 18.9 Å². The summed E-state index contributed by atoms with van der Waals surface area (Å²) in [6.45, 7) is 1.44. The molecule has 17 heavy (non-hydrogen) atoms. The average molecular weight is 247 g/mol. The molecule has 1 aromatic carbocycles. The second kappa shape index (κ2) is 5.07. The highest BCUT2D eigenvalue weighted by Crippen LogP contribution is 2.23. The maximum atomic E-state index is 13.4. The van der Waals surface area contributed by atoms with Crippen LogP contribution in [0.2, 0.25) is 0 Å². The third-order valence-corrected chi connectivity index (χ3v) is 2.40. The minimum Gasteiger partial charge on any atom is -0.481 e. The van der Waals surface area contributed by atoms with Gasteiger partial charge in [-0.1, -0.05) is 6.92 Å². The predicted octanol–water partition coefficient (Wildman–Crippen LogP) is 2.26. The van der Waals surface area contributed by atoms with Crippen molar-refractivity contribution in [1.29, 1.82) is 0 Å². The van der Waals surface area contributed by atoms with Crippen molar-refractivity contribution < 1.29 is 23.1 Å². The van der Waals surface area contributed by atoms with E-state index in [4.69, 9.17) is 5.11 Å². The van der Waals surface area contributed by atoms with E-state index in [0.29, 0.717) is 0 Å². The highest BCUT2D eigenvalue weighted by atomic mass is 19.2. The summed E-state index contributed by atoms with van der Waals surface area (Å²) in [7, 11) is 1.41. The number of aliphatic carboxylic acids is 1. The average Bonchev–Trinajstić information content (AvgIpc) is 2.25. The lowest BCUT2D eigenvalue weighted by atomic mass is 10.1. The Kier molecular flexibility index (Phi) is 3.98. The van der Waals surface area contributed by atoms with Gasteiger partial charge < -0.3 is 10.0 Å². The fourth-order valence-corrected chi connectivity index (χ4v) is 1.40. The first kappa shape index (κ1) is 13.3. The quantitative estimate of drug-likeness (QED) is 0.830. The summed E-state index contributed by atoms with van der Waals surface area (Å²) < 4.78 is 39.0. The number of carboxylic acids is 1. The predicted molar refractivity (Wildman–Crippen MR) is 56.4 cm³/mol. The van der Waals surface area contributed by atoms with E-state index in [-0.39, 0.29) is 12.2 Å². The topological polar surface area (TPSA) is 40.5 Å². The molecule has 0 aliphatic heterocycles. The molecule has 0 fully saturated rings. The van der Waals surface area contributed by atoms with Gasteiger partial charge in [-0.2, -0.15) is 0 Å². The number of nitrogens with zero attached hydrogens (tertiary/aromatic N) is 1.